The van der Waals surface area contributed by atoms with Gasteiger partial charge in [0.25, 0.3) is 11.7 Å². The number of phenolic OH excluding ortho intramolecular Hbond substituents is 1. The number of phenols is 1. The Hall–Kier alpha value is -4.26. The fourth-order valence-corrected chi connectivity index (χ4v) is 4.24. The number of unbranched alkanes of at least 4 members (excludes halogenated alkanes) is 2. The number of methoxy groups -OCH3 is 1. The molecule has 0 bridgehead atoms. The van der Waals surface area contributed by atoms with Crippen molar-refractivity contribution in [1.82, 2.24) is 0 Å². The van der Waals surface area contributed by atoms with E-state index in [1.54, 1.807) is 60.7 Å². The zero-order valence-corrected chi connectivity index (χ0v) is 20.3. The molecule has 1 amide bonds. The Morgan fingerprint density at radius 3 is 2.33 bits per heavy atom. The molecular weight excluding hydrogens is 458 g/mol. The zero-order chi connectivity index (χ0) is 25.7. The van der Waals surface area contributed by atoms with Crippen LogP contribution in [0.25, 0.3) is 5.76 Å². The number of anilines is 1. The van der Waals surface area contributed by atoms with Crippen LogP contribution in [0.3, 0.4) is 0 Å². The Morgan fingerprint density at radius 1 is 0.944 bits per heavy atom. The largest absolute Gasteiger partial charge is 0.508 e. The summed E-state index contributed by atoms with van der Waals surface area (Å²) in [5, 5.41) is 21.1. The van der Waals surface area contributed by atoms with Crippen molar-refractivity contribution < 1.29 is 29.3 Å². The van der Waals surface area contributed by atoms with Gasteiger partial charge in [0.15, 0.2) is 0 Å². The van der Waals surface area contributed by atoms with Gasteiger partial charge in [-0.1, -0.05) is 38.0 Å². The van der Waals surface area contributed by atoms with Crippen LogP contribution in [-0.2, 0) is 9.59 Å². The second-order valence-electron chi connectivity index (χ2n) is 8.54. The predicted octanol–water partition coefficient (Wildman–Crippen LogP) is 5.60. The number of ether oxygens (including phenoxy) is 2. The average molecular weight is 488 g/mol. The van der Waals surface area contributed by atoms with E-state index in [-0.39, 0.29) is 17.1 Å². The Balaban J connectivity index is 1.76. The minimum atomic E-state index is -0.900. The first kappa shape index (κ1) is 24.9. The van der Waals surface area contributed by atoms with Crippen molar-refractivity contribution in [1.29, 1.82) is 0 Å². The molecule has 7 nitrogen and oxygen atoms in total. The zero-order valence-electron chi connectivity index (χ0n) is 20.3. The van der Waals surface area contributed by atoms with Gasteiger partial charge in [0, 0.05) is 17.3 Å². The predicted molar refractivity (Wildman–Crippen MR) is 137 cm³/mol. The molecule has 186 valence electrons. The van der Waals surface area contributed by atoms with E-state index in [0.29, 0.717) is 34.9 Å². The number of benzene rings is 3. The smallest absolute Gasteiger partial charge is 0.300 e. The highest BCUT2D eigenvalue weighted by Crippen LogP contribution is 2.43. The average Bonchev–Trinajstić information content (AvgIpc) is 3.17. The van der Waals surface area contributed by atoms with Crippen molar-refractivity contribution in [3.8, 4) is 17.2 Å². The lowest BCUT2D eigenvalue weighted by Gasteiger charge is -2.25. The Kier molecular flexibility index (Phi) is 7.59. The summed E-state index contributed by atoms with van der Waals surface area (Å²) in [6.45, 7) is 2.73. The number of Topliss-reactive ketones (excluding diaryl/α,β-unsaturated/α-hetero) is 1. The standard InChI is InChI=1S/C29H29NO6/c1-3-4-5-17-36-23-15-11-20(12-16-23)27(32)25-26(19-9-13-22(31)14-10-19)30(29(34)28(25)33)21-7-6-8-24(18-21)35-2/h6-16,18,26,31-32H,3-5,17H2,1-2H3/b27-25+. The molecule has 0 radical (unpaired) electrons. The summed E-state index contributed by atoms with van der Waals surface area (Å²) in [6, 6.07) is 18.9. The quantitative estimate of drug-likeness (QED) is 0.177. The monoisotopic (exact) mass is 487 g/mol. The summed E-state index contributed by atoms with van der Waals surface area (Å²) in [4.78, 5) is 27.9. The first-order valence-electron chi connectivity index (χ1n) is 11.9. The van der Waals surface area contributed by atoms with E-state index in [0.717, 1.165) is 19.3 Å². The van der Waals surface area contributed by atoms with Crippen LogP contribution in [-0.4, -0.2) is 35.6 Å². The van der Waals surface area contributed by atoms with Gasteiger partial charge in [0.05, 0.1) is 25.3 Å². The third-order valence-electron chi connectivity index (χ3n) is 6.13. The molecule has 4 rings (SSSR count). The molecule has 36 heavy (non-hydrogen) atoms. The van der Waals surface area contributed by atoms with Crippen LogP contribution < -0.4 is 14.4 Å². The van der Waals surface area contributed by atoms with Crippen molar-refractivity contribution in [3.63, 3.8) is 0 Å². The van der Waals surface area contributed by atoms with Crippen molar-refractivity contribution in [3.05, 3.63) is 89.5 Å². The number of aliphatic hydroxyl groups excluding tert-OH is 1. The molecule has 1 fully saturated rings. The maximum Gasteiger partial charge on any atom is 0.300 e. The second kappa shape index (κ2) is 11.0. The van der Waals surface area contributed by atoms with Gasteiger partial charge < -0.3 is 19.7 Å². The Bertz CT molecular complexity index is 1260. The molecule has 0 aromatic heterocycles. The van der Waals surface area contributed by atoms with Gasteiger partial charge in [-0.25, -0.2) is 0 Å². The number of carbonyl (C=O) groups is 2. The minimum absolute atomic E-state index is 0.0369. The van der Waals surface area contributed by atoms with Crippen LogP contribution in [0.5, 0.6) is 17.2 Å². The molecule has 1 aliphatic rings. The molecular formula is C29H29NO6. The number of hydrogen-bond donors (Lipinski definition) is 2. The van der Waals surface area contributed by atoms with Gasteiger partial charge >= 0.3 is 0 Å². The van der Waals surface area contributed by atoms with Gasteiger partial charge in [0.2, 0.25) is 0 Å². The van der Waals surface area contributed by atoms with E-state index in [4.69, 9.17) is 9.47 Å². The van der Waals surface area contributed by atoms with E-state index in [1.807, 2.05) is 0 Å². The summed E-state index contributed by atoms with van der Waals surface area (Å²) < 4.78 is 11.0. The SMILES string of the molecule is CCCCCOc1ccc(/C(O)=C2\C(=O)C(=O)N(c3cccc(OC)c3)C2c2ccc(O)cc2)cc1. The van der Waals surface area contributed by atoms with E-state index in [1.165, 1.54) is 24.1 Å². The molecule has 0 saturated carbocycles. The maximum absolute atomic E-state index is 13.3. The first-order chi connectivity index (χ1) is 17.4. The summed E-state index contributed by atoms with van der Waals surface area (Å²) in [5.41, 5.74) is 1.37. The van der Waals surface area contributed by atoms with E-state index in [9.17, 15) is 19.8 Å². The van der Waals surface area contributed by atoms with Crippen LogP contribution in [0.1, 0.15) is 43.4 Å². The van der Waals surface area contributed by atoms with Crippen LogP contribution >= 0.6 is 0 Å². The number of nitrogens with zero attached hydrogens (tertiary/aromatic N) is 1. The number of aliphatic hydroxyl groups is 1. The van der Waals surface area contributed by atoms with Crippen LogP contribution in [0.4, 0.5) is 5.69 Å². The third kappa shape index (κ3) is 5.05. The van der Waals surface area contributed by atoms with E-state index >= 15 is 0 Å². The van der Waals surface area contributed by atoms with Gasteiger partial charge in [0.1, 0.15) is 23.0 Å². The van der Waals surface area contributed by atoms with E-state index in [2.05, 4.69) is 6.92 Å². The van der Waals surface area contributed by atoms with Crippen molar-refractivity contribution in [2.45, 2.75) is 32.2 Å². The van der Waals surface area contributed by atoms with Crippen LogP contribution in [0.15, 0.2) is 78.4 Å². The number of ketones is 1. The number of amides is 1. The number of carbonyl (C=O) groups excluding carboxylic acids is 2. The summed E-state index contributed by atoms with van der Waals surface area (Å²) >= 11 is 0. The van der Waals surface area contributed by atoms with Crippen LogP contribution in [0.2, 0.25) is 0 Å². The highest BCUT2D eigenvalue weighted by atomic mass is 16.5. The molecule has 1 aliphatic heterocycles. The summed E-state index contributed by atoms with van der Waals surface area (Å²) in [7, 11) is 1.52. The van der Waals surface area contributed by atoms with Gasteiger partial charge in [-0.2, -0.15) is 0 Å². The molecule has 1 atom stereocenters. The van der Waals surface area contributed by atoms with Crippen LogP contribution in [0, 0.1) is 0 Å². The molecule has 1 unspecified atom stereocenters. The van der Waals surface area contributed by atoms with Gasteiger partial charge in [-0.3, -0.25) is 14.5 Å². The summed E-state index contributed by atoms with van der Waals surface area (Å²) in [5.74, 6) is -0.615. The highest BCUT2D eigenvalue weighted by molar-refractivity contribution is 6.51. The fourth-order valence-electron chi connectivity index (χ4n) is 4.24. The summed E-state index contributed by atoms with van der Waals surface area (Å²) in [6.07, 6.45) is 3.15. The molecule has 1 saturated heterocycles. The molecule has 2 N–H and O–H groups in total. The van der Waals surface area contributed by atoms with Gasteiger partial charge in [-0.15, -0.1) is 0 Å². The lowest BCUT2D eigenvalue weighted by molar-refractivity contribution is -0.132. The molecule has 0 spiro atoms. The highest BCUT2D eigenvalue weighted by Gasteiger charge is 2.47. The topological polar surface area (TPSA) is 96.3 Å². The second-order valence-corrected chi connectivity index (χ2v) is 8.54. The van der Waals surface area contributed by atoms with Gasteiger partial charge in [-0.05, 0) is 60.5 Å². The Morgan fingerprint density at radius 2 is 1.67 bits per heavy atom. The number of rotatable bonds is 9. The van der Waals surface area contributed by atoms with Crippen molar-refractivity contribution in [2.75, 3.05) is 18.6 Å². The molecule has 1 heterocycles. The normalized spacial score (nSPS) is 16.8. The fraction of sp³-hybridized carbons (Fsp3) is 0.241. The third-order valence-corrected chi connectivity index (χ3v) is 6.13. The lowest BCUT2D eigenvalue weighted by Crippen LogP contribution is -2.29. The van der Waals surface area contributed by atoms with E-state index < -0.39 is 17.7 Å². The maximum atomic E-state index is 13.3. The number of aromatic hydroxyl groups is 1. The van der Waals surface area contributed by atoms with Crippen molar-refractivity contribution in [2.24, 2.45) is 0 Å². The lowest BCUT2D eigenvalue weighted by atomic mass is 9.95. The molecule has 7 heteroatoms. The molecule has 3 aromatic rings. The molecule has 3 aromatic carbocycles. The Labute approximate surface area is 210 Å². The minimum Gasteiger partial charge on any atom is -0.508 e. The number of hydrogen-bond acceptors (Lipinski definition) is 6. The van der Waals surface area contributed by atoms with Crippen molar-refractivity contribution >= 4 is 23.1 Å². The molecule has 0 aliphatic carbocycles. The first-order valence-corrected chi connectivity index (χ1v) is 11.9.